The van der Waals surface area contributed by atoms with Crippen molar-refractivity contribution in [3.8, 4) is 11.1 Å². The van der Waals surface area contributed by atoms with Crippen molar-refractivity contribution in [2.24, 2.45) is 0 Å². The van der Waals surface area contributed by atoms with Gasteiger partial charge in [-0.2, -0.15) is 0 Å². The number of aromatic nitrogens is 2. The van der Waals surface area contributed by atoms with Crippen LogP contribution in [0.4, 0.5) is 5.95 Å². The molecule has 1 N–H and O–H groups in total. The Morgan fingerprint density at radius 3 is 2.40 bits per heavy atom. The average Bonchev–Trinajstić information content (AvgIpc) is 3.01. The molecule has 0 unspecified atom stereocenters. The Morgan fingerprint density at radius 1 is 1.00 bits per heavy atom. The zero-order valence-electron chi connectivity index (χ0n) is 10.6. The number of hydrogen-bond acceptors (Lipinski definition) is 4. The van der Waals surface area contributed by atoms with Gasteiger partial charge in [-0.25, -0.2) is 9.97 Å². The molecule has 0 radical (unpaired) electrons. The van der Waals surface area contributed by atoms with Crippen LogP contribution in [0.15, 0.2) is 59.7 Å². The predicted molar refractivity (Wildman–Crippen MR) is 78.5 cm³/mol. The molecule has 0 aliphatic heterocycles. The van der Waals surface area contributed by atoms with Crippen molar-refractivity contribution in [2.75, 3.05) is 5.32 Å². The minimum Gasteiger partial charge on any atom is -0.472 e. The minimum absolute atomic E-state index is 0.528. The van der Waals surface area contributed by atoms with Gasteiger partial charge in [0.05, 0.1) is 29.9 Å². The fourth-order valence-corrected chi connectivity index (χ4v) is 1.93. The summed E-state index contributed by atoms with van der Waals surface area (Å²) in [6.07, 6.45) is 6.54. The van der Waals surface area contributed by atoms with Gasteiger partial charge < -0.3 is 9.73 Å². The molecule has 2 heterocycles. The molecule has 0 spiro atoms. The Labute approximate surface area is 121 Å². The van der Waals surface area contributed by atoms with Crippen molar-refractivity contribution in [1.82, 2.24) is 9.97 Å². The molecular weight excluding hydrogens is 274 g/mol. The van der Waals surface area contributed by atoms with Crippen LogP contribution < -0.4 is 5.32 Å². The average molecular weight is 286 g/mol. The number of furan rings is 1. The van der Waals surface area contributed by atoms with Crippen molar-refractivity contribution in [1.29, 1.82) is 0 Å². The molecule has 100 valence electrons. The zero-order valence-corrected chi connectivity index (χ0v) is 11.3. The SMILES string of the molecule is Clc1cnc(NCc2ccc(-c3ccoc3)cc2)nc1. The summed E-state index contributed by atoms with van der Waals surface area (Å²) >= 11 is 5.73. The lowest BCUT2D eigenvalue weighted by Gasteiger charge is -2.05. The van der Waals surface area contributed by atoms with Crippen LogP contribution in [0.5, 0.6) is 0 Å². The molecule has 0 saturated heterocycles. The highest BCUT2D eigenvalue weighted by Gasteiger charge is 2.00. The van der Waals surface area contributed by atoms with Gasteiger partial charge in [-0.3, -0.25) is 0 Å². The first-order valence-electron chi connectivity index (χ1n) is 6.14. The van der Waals surface area contributed by atoms with E-state index in [1.54, 1.807) is 24.9 Å². The summed E-state index contributed by atoms with van der Waals surface area (Å²) in [6.45, 7) is 0.660. The van der Waals surface area contributed by atoms with Crippen LogP contribution in [0.2, 0.25) is 5.02 Å². The topological polar surface area (TPSA) is 51.0 Å². The van der Waals surface area contributed by atoms with E-state index in [0.29, 0.717) is 17.5 Å². The first-order chi connectivity index (χ1) is 9.81. The van der Waals surface area contributed by atoms with Crippen molar-refractivity contribution in [3.05, 3.63) is 65.8 Å². The third-order valence-corrected chi connectivity index (χ3v) is 3.07. The summed E-state index contributed by atoms with van der Waals surface area (Å²) in [5.41, 5.74) is 3.35. The number of benzene rings is 1. The van der Waals surface area contributed by atoms with Crippen molar-refractivity contribution < 1.29 is 4.42 Å². The molecule has 3 rings (SSSR count). The third kappa shape index (κ3) is 2.97. The molecule has 0 atom stereocenters. The van der Waals surface area contributed by atoms with Crippen molar-refractivity contribution >= 4 is 17.5 Å². The van der Waals surface area contributed by atoms with Crippen molar-refractivity contribution in [3.63, 3.8) is 0 Å². The van der Waals surface area contributed by atoms with Crippen LogP contribution in [0.3, 0.4) is 0 Å². The molecule has 20 heavy (non-hydrogen) atoms. The van der Waals surface area contributed by atoms with E-state index in [1.807, 2.05) is 6.07 Å². The Balaban J connectivity index is 1.65. The van der Waals surface area contributed by atoms with Crippen LogP contribution in [0.25, 0.3) is 11.1 Å². The van der Waals surface area contributed by atoms with E-state index in [-0.39, 0.29) is 0 Å². The van der Waals surface area contributed by atoms with E-state index >= 15 is 0 Å². The molecular formula is C15H12ClN3O. The molecule has 2 aromatic heterocycles. The van der Waals surface area contributed by atoms with E-state index < -0.39 is 0 Å². The highest BCUT2D eigenvalue weighted by atomic mass is 35.5. The van der Waals surface area contributed by atoms with Gasteiger partial charge in [0.15, 0.2) is 0 Å². The maximum Gasteiger partial charge on any atom is 0.222 e. The minimum atomic E-state index is 0.528. The summed E-state index contributed by atoms with van der Waals surface area (Å²) in [7, 11) is 0. The largest absolute Gasteiger partial charge is 0.472 e. The van der Waals surface area contributed by atoms with Crippen LogP contribution >= 0.6 is 11.6 Å². The van der Waals surface area contributed by atoms with Gasteiger partial charge in [0.2, 0.25) is 5.95 Å². The van der Waals surface area contributed by atoms with E-state index in [4.69, 9.17) is 16.0 Å². The highest BCUT2D eigenvalue weighted by molar-refractivity contribution is 6.30. The summed E-state index contributed by atoms with van der Waals surface area (Å²) < 4.78 is 5.07. The standard InChI is InChI=1S/C15H12ClN3O/c16-14-8-18-15(19-9-14)17-7-11-1-3-12(4-2-11)13-5-6-20-10-13/h1-6,8-10H,7H2,(H,17,18,19). The predicted octanol–water partition coefficient (Wildman–Crippen LogP) is 4.00. The summed E-state index contributed by atoms with van der Waals surface area (Å²) in [4.78, 5) is 8.17. The maximum atomic E-state index is 5.73. The molecule has 5 heteroatoms. The van der Waals surface area contributed by atoms with Gasteiger partial charge in [-0.05, 0) is 17.2 Å². The molecule has 0 aliphatic rings. The number of halogens is 1. The van der Waals surface area contributed by atoms with E-state index in [9.17, 15) is 0 Å². The van der Waals surface area contributed by atoms with E-state index in [2.05, 4.69) is 39.6 Å². The van der Waals surface area contributed by atoms with Gasteiger partial charge in [0.25, 0.3) is 0 Å². The second-order valence-electron chi connectivity index (χ2n) is 4.29. The number of rotatable bonds is 4. The van der Waals surface area contributed by atoms with Gasteiger partial charge in [0.1, 0.15) is 0 Å². The Bertz CT molecular complexity index is 663. The number of hydrogen-bond donors (Lipinski definition) is 1. The summed E-state index contributed by atoms with van der Waals surface area (Å²) in [5, 5.41) is 3.67. The lowest BCUT2D eigenvalue weighted by molar-refractivity contribution is 0.568. The van der Waals surface area contributed by atoms with Crippen LogP contribution in [0.1, 0.15) is 5.56 Å². The molecule has 4 nitrogen and oxygen atoms in total. The van der Waals surface area contributed by atoms with Gasteiger partial charge >= 0.3 is 0 Å². The molecule has 0 amide bonds. The zero-order chi connectivity index (χ0) is 13.8. The van der Waals surface area contributed by atoms with Gasteiger partial charge in [-0.15, -0.1) is 0 Å². The molecule has 0 bridgehead atoms. The van der Waals surface area contributed by atoms with Crippen molar-refractivity contribution in [2.45, 2.75) is 6.54 Å². The Kier molecular flexibility index (Phi) is 3.65. The van der Waals surface area contributed by atoms with E-state index in [0.717, 1.165) is 16.7 Å². The maximum absolute atomic E-state index is 5.73. The van der Waals surface area contributed by atoms with Crippen LogP contribution in [-0.4, -0.2) is 9.97 Å². The Hall–Kier alpha value is -2.33. The Morgan fingerprint density at radius 2 is 1.75 bits per heavy atom. The second-order valence-corrected chi connectivity index (χ2v) is 4.72. The highest BCUT2D eigenvalue weighted by Crippen LogP contribution is 2.20. The third-order valence-electron chi connectivity index (χ3n) is 2.88. The number of nitrogens with zero attached hydrogens (tertiary/aromatic N) is 2. The quantitative estimate of drug-likeness (QED) is 0.787. The summed E-state index contributed by atoms with van der Waals surface area (Å²) in [5.74, 6) is 0.563. The first kappa shape index (κ1) is 12.7. The second kappa shape index (κ2) is 5.75. The van der Waals surface area contributed by atoms with E-state index in [1.165, 1.54) is 0 Å². The fraction of sp³-hybridized carbons (Fsp3) is 0.0667. The summed E-state index contributed by atoms with van der Waals surface area (Å²) in [6, 6.07) is 10.2. The molecule has 3 aromatic rings. The molecule has 1 aromatic carbocycles. The lowest BCUT2D eigenvalue weighted by Crippen LogP contribution is -2.02. The number of anilines is 1. The van der Waals surface area contributed by atoms with Crippen LogP contribution in [-0.2, 0) is 6.54 Å². The first-order valence-corrected chi connectivity index (χ1v) is 6.52. The monoisotopic (exact) mass is 285 g/mol. The molecule has 0 aliphatic carbocycles. The molecule has 0 fully saturated rings. The number of nitrogens with one attached hydrogen (secondary N) is 1. The smallest absolute Gasteiger partial charge is 0.222 e. The molecule has 0 saturated carbocycles. The normalized spacial score (nSPS) is 10.4. The fourth-order valence-electron chi connectivity index (χ4n) is 1.83. The van der Waals surface area contributed by atoms with Gasteiger partial charge in [-0.1, -0.05) is 35.9 Å². The van der Waals surface area contributed by atoms with Crippen LogP contribution in [0, 0.1) is 0 Å². The van der Waals surface area contributed by atoms with Gasteiger partial charge in [0, 0.05) is 12.1 Å². The lowest BCUT2D eigenvalue weighted by atomic mass is 10.1.